The van der Waals surface area contributed by atoms with Crippen molar-refractivity contribution in [2.24, 2.45) is 0 Å². The molecule has 0 saturated carbocycles. The first-order chi connectivity index (χ1) is 11.0. The van der Waals surface area contributed by atoms with Gasteiger partial charge in [-0.05, 0) is 42.8 Å². The van der Waals surface area contributed by atoms with Crippen molar-refractivity contribution in [3.8, 4) is 11.8 Å². The molecule has 2 aromatic carbocycles. The predicted molar refractivity (Wildman–Crippen MR) is 82.3 cm³/mol. The van der Waals surface area contributed by atoms with E-state index in [-0.39, 0.29) is 32.3 Å². The fraction of sp³-hybridized carbons (Fsp3) is 0.176. The van der Waals surface area contributed by atoms with E-state index in [0.29, 0.717) is 12.4 Å². The van der Waals surface area contributed by atoms with Crippen LogP contribution in [0.4, 0.5) is 0 Å². The average Bonchev–Trinajstić information content (AvgIpc) is 2.57. The molecule has 0 N–H and O–H groups in total. The molecule has 1 aliphatic heterocycles. The van der Waals surface area contributed by atoms with Crippen molar-refractivity contribution in [3.05, 3.63) is 53.1 Å². The van der Waals surface area contributed by atoms with Crippen molar-refractivity contribution >= 4 is 15.6 Å². The molecule has 116 valence electrons. The number of nitrogens with zero attached hydrogens (tertiary/aromatic N) is 1. The van der Waals surface area contributed by atoms with Crippen molar-refractivity contribution in [1.82, 2.24) is 0 Å². The van der Waals surface area contributed by atoms with Crippen LogP contribution in [-0.2, 0) is 9.84 Å². The lowest BCUT2D eigenvalue weighted by Gasteiger charge is -2.19. The summed E-state index contributed by atoms with van der Waals surface area (Å²) in [5.41, 5.74) is 0.395. The number of ether oxygens (including phenoxy) is 1. The fourth-order valence-corrected chi connectivity index (χ4v) is 4.15. The first kappa shape index (κ1) is 15.3. The number of fused-ring (bicyclic) bond motifs is 2. The minimum Gasteiger partial charge on any atom is -0.494 e. The average molecular weight is 327 g/mol. The second-order valence-electron chi connectivity index (χ2n) is 5.16. The predicted octanol–water partition coefficient (Wildman–Crippen LogP) is 2.72. The van der Waals surface area contributed by atoms with E-state index in [1.54, 1.807) is 6.07 Å². The van der Waals surface area contributed by atoms with Gasteiger partial charge in [0.25, 0.3) is 0 Å². The molecule has 1 aliphatic rings. The molecule has 0 aromatic heterocycles. The van der Waals surface area contributed by atoms with Gasteiger partial charge in [-0.3, -0.25) is 4.79 Å². The Balaban J connectivity index is 2.20. The van der Waals surface area contributed by atoms with Crippen molar-refractivity contribution in [3.63, 3.8) is 0 Å². The van der Waals surface area contributed by atoms with Crippen LogP contribution in [0, 0.1) is 11.3 Å². The monoisotopic (exact) mass is 327 g/mol. The van der Waals surface area contributed by atoms with Crippen LogP contribution in [0.25, 0.3) is 0 Å². The summed E-state index contributed by atoms with van der Waals surface area (Å²) >= 11 is 0. The van der Waals surface area contributed by atoms with E-state index in [9.17, 15) is 13.2 Å². The summed E-state index contributed by atoms with van der Waals surface area (Å²) in [5.74, 6) is 0.0857. The first-order valence-corrected chi connectivity index (χ1v) is 8.58. The fourth-order valence-electron chi connectivity index (χ4n) is 2.50. The Labute approximate surface area is 134 Å². The zero-order valence-electron chi connectivity index (χ0n) is 12.4. The Bertz CT molecular complexity index is 955. The number of hydrogen-bond acceptors (Lipinski definition) is 5. The van der Waals surface area contributed by atoms with Crippen LogP contribution >= 0.6 is 0 Å². The number of ketones is 1. The third-order valence-electron chi connectivity index (χ3n) is 3.60. The van der Waals surface area contributed by atoms with Gasteiger partial charge < -0.3 is 4.74 Å². The van der Waals surface area contributed by atoms with Crippen molar-refractivity contribution < 1.29 is 17.9 Å². The molecule has 6 heteroatoms. The van der Waals surface area contributed by atoms with Crippen molar-refractivity contribution in [2.45, 2.75) is 23.1 Å². The molecule has 23 heavy (non-hydrogen) atoms. The Morgan fingerprint density at radius 1 is 1.09 bits per heavy atom. The van der Waals surface area contributed by atoms with Crippen LogP contribution in [0.1, 0.15) is 34.8 Å². The number of rotatable bonds is 3. The Morgan fingerprint density at radius 2 is 1.87 bits per heavy atom. The molecule has 0 spiro atoms. The second-order valence-corrected chi connectivity index (χ2v) is 7.05. The molecule has 3 rings (SSSR count). The molecule has 0 saturated heterocycles. The highest BCUT2D eigenvalue weighted by atomic mass is 32.2. The Morgan fingerprint density at radius 3 is 2.57 bits per heavy atom. The summed E-state index contributed by atoms with van der Waals surface area (Å²) in [6.45, 7) is 2.44. The quantitative estimate of drug-likeness (QED) is 0.738. The van der Waals surface area contributed by atoms with Crippen molar-refractivity contribution in [2.75, 3.05) is 6.61 Å². The van der Waals surface area contributed by atoms with E-state index in [1.807, 2.05) is 13.0 Å². The standard InChI is InChI=1S/C17H13NO4S/c1-2-7-22-12-4-6-15-14(9-12)17(19)13-5-3-11(10-18)8-16(13)23(15,20)21/h3-6,8-9H,2,7H2,1H3. The van der Waals surface area contributed by atoms with Crippen LogP contribution < -0.4 is 4.74 Å². The molecule has 0 amide bonds. The van der Waals surface area contributed by atoms with Gasteiger partial charge in [-0.15, -0.1) is 0 Å². The largest absolute Gasteiger partial charge is 0.494 e. The molecule has 0 atom stereocenters. The van der Waals surface area contributed by atoms with E-state index in [4.69, 9.17) is 10.00 Å². The van der Waals surface area contributed by atoms with Gasteiger partial charge in [-0.2, -0.15) is 5.26 Å². The summed E-state index contributed by atoms with van der Waals surface area (Å²) in [6.07, 6.45) is 0.809. The van der Waals surface area contributed by atoms with Crippen LogP contribution in [0.15, 0.2) is 46.2 Å². The topological polar surface area (TPSA) is 84.2 Å². The molecule has 1 heterocycles. The molecule has 0 bridgehead atoms. The van der Waals surface area contributed by atoms with Gasteiger partial charge in [0.15, 0.2) is 5.78 Å². The van der Waals surface area contributed by atoms with Gasteiger partial charge in [0, 0.05) is 11.1 Å². The van der Waals surface area contributed by atoms with Crippen LogP contribution in [0.2, 0.25) is 0 Å². The van der Waals surface area contributed by atoms with Gasteiger partial charge in [0.05, 0.1) is 28.0 Å². The molecule has 0 fully saturated rings. The molecule has 5 nitrogen and oxygen atoms in total. The number of carbonyl (C=O) groups is 1. The third kappa shape index (κ3) is 2.39. The third-order valence-corrected chi connectivity index (χ3v) is 5.45. The van der Waals surface area contributed by atoms with E-state index < -0.39 is 9.84 Å². The minimum absolute atomic E-state index is 0.0473. The molecular weight excluding hydrogens is 314 g/mol. The highest BCUT2D eigenvalue weighted by Gasteiger charge is 2.35. The molecule has 0 radical (unpaired) electrons. The maximum absolute atomic E-state index is 12.7. The summed E-state index contributed by atoms with van der Waals surface area (Å²) in [4.78, 5) is 12.5. The molecule has 0 unspecified atom stereocenters. The van der Waals surface area contributed by atoms with Crippen LogP contribution in [0.3, 0.4) is 0 Å². The number of benzene rings is 2. The summed E-state index contributed by atoms with van der Waals surface area (Å²) < 4.78 is 30.9. The smallest absolute Gasteiger partial charge is 0.208 e. The summed E-state index contributed by atoms with van der Waals surface area (Å²) in [5, 5.41) is 8.94. The number of carbonyl (C=O) groups excluding carboxylic acids is 1. The van der Waals surface area contributed by atoms with Gasteiger partial charge >= 0.3 is 0 Å². The highest BCUT2D eigenvalue weighted by Crippen LogP contribution is 2.36. The second kappa shape index (κ2) is 5.52. The lowest BCUT2D eigenvalue weighted by molar-refractivity contribution is 0.103. The van der Waals surface area contributed by atoms with E-state index in [2.05, 4.69) is 0 Å². The Hall–Kier alpha value is -2.65. The van der Waals surface area contributed by atoms with E-state index in [1.165, 1.54) is 30.3 Å². The Kier molecular flexibility index (Phi) is 3.66. The maximum atomic E-state index is 12.7. The van der Waals surface area contributed by atoms with Crippen LogP contribution in [0.5, 0.6) is 5.75 Å². The first-order valence-electron chi connectivity index (χ1n) is 7.10. The lowest BCUT2D eigenvalue weighted by atomic mass is 10.0. The molecule has 2 aromatic rings. The zero-order valence-corrected chi connectivity index (χ0v) is 13.2. The number of nitriles is 1. The summed E-state index contributed by atoms with van der Waals surface area (Å²) in [7, 11) is -3.83. The molecular formula is C17H13NO4S. The normalized spacial score (nSPS) is 14.5. The highest BCUT2D eigenvalue weighted by molar-refractivity contribution is 7.91. The van der Waals surface area contributed by atoms with Gasteiger partial charge in [0.2, 0.25) is 9.84 Å². The number of hydrogen-bond donors (Lipinski definition) is 0. The van der Waals surface area contributed by atoms with Gasteiger partial charge in [0.1, 0.15) is 5.75 Å². The van der Waals surface area contributed by atoms with E-state index >= 15 is 0 Å². The minimum atomic E-state index is -3.83. The summed E-state index contributed by atoms with van der Waals surface area (Å²) in [6, 6.07) is 10.3. The van der Waals surface area contributed by atoms with E-state index in [0.717, 1.165) is 6.42 Å². The van der Waals surface area contributed by atoms with Crippen LogP contribution in [-0.4, -0.2) is 20.8 Å². The molecule has 0 aliphatic carbocycles. The van der Waals surface area contributed by atoms with Gasteiger partial charge in [-0.1, -0.05) is 6.92 Å². The SMILES string of the molecule is CCCOc1ccc2c(c1)C(=O)c1ccc(C#N)cc1S2(=O)=O. The number of sulfone groups is 1. The van der Waals surface area contributed by atoms with Crippen molar-refractivity contribution in [1.29, 1.82) is 5.26 Å². The maximum Gasteiger partial charge on any atom is 0.208 e. The van der Waals surface area contributed by atoms with Gasteiger partial charge in [-0.25, -0.2) is 8.42 Å². The lowest BCUT2D eigenvalue weighted by Crippen LogP contribution is -2.20. The zero-order chi connectivity index (χ0) is 16.6.